The Morgan fingerprint density at radius 1 is 1.27 bits per heavy atom. The van der Waals surface area contributed by atoms with Gasteiger partial charge < -0.3 is 10.2 Å². The summed E-state index contributed by atoms with van der Waals surface area (Å²) in [7, 11) is 0. The Balaban J connectivity index is 2.04. The van der Waals surface area contributed by atoms with Crippen LogP contribution >= 0.6 is 11.8 Å². The van der Waals surface area contributed by atoms with Crippen molar-refractivity contribution in [2.24, 2.45) is 5.92 Å². The molecule has 0 spiro atoms. The highest BCUT2D eigenvalue weighted by Gasteiger charge is 2.39. The van der Waals surface area contributed by atoms with Crippen molar-refractivity contribution >= 4 is 23.5 Å². The fourth-order valence-electron chi connectivity index (χ4n) is 3.66. The van der Waals surface area contributed by atoms with E-state index in [1.165, 1.54) is 0 Å². The number of carbonyl (C=O) groups is 2. The van der Waals surface area contributed by atoms with Crippen molar-refractivity contribution in [3.63, 3.8) is 0 Å². The highest BCUT2D eigenvalue weighted by Crippen LogP contribution is 2.39. The van der Waals surface area contributed by atoms with E-state index in [-0.39, 0.29) is 12.3 Å². The average Bonchev–Trinajstić information content (AvgIpc) is 3.13. The molecule has 2 rings (SSSR count). The van der Waals surface area contributed by atoms with Crippen LogP contribution in [0.3, 0.4) is 0 Å². The van der Waals surface area contributed by atoms with Gasteiger partial charge in [-0.2, -0.15) is 0 Å². The number of hydrogen-bond acceptors (Lipinski definition) is 4. The number of carbonyl (C=O) groups excluding carboxylic acids is 1. The summed E-state index contributed by atoms with van der Waals surface area (Å²) < 4.78 is 0. The maximum atomic E-state index is 12.0. The quantitative estimate of drug-likeness (QED) is 0.410. The van der Waals surface area contributed by atoms with E-state index in [2.05, 4.69) is 11.8 Å². The van der Waals surface area contributed by atoms with E-state index >= 15 is 0 Å². The number of aliphatic hydroxyl groups is 1. The molecule has 1 aromatic rings. The Bertz CT molecular complexity index is 697. The predicted molar refractivity (Wildman–Crippen MR) is 103 cm³/mol. The first-order valence-corrected chi connectivity index (χ1v) is 10.2. The SMILES string of the molecule is CSc1ccccc1C#CCCC(O)(CC(=O)CC(=O)O)C1CCCC1. The van der Waals surface area contributed by atoms with E-state index in [0.717, 1.165) is 36.1 Å². The van der Waals surface area contributed by atoms with Crippen molar-refractivity contribution in [3.05, 3.63) is 29.8 Å². The Morgan fingerprint density at radius 3 is 2.62 bits per heavy atom. The largest absolute Gasteiger partial charge is 0.481 e. The molecular weight excluding hydrogens is 348 g/mol. The third kappa shape index (κ3) is 5.89. The van der Waals surface area contributed by atoms with Gasteiger partial charge in [0.1, 0.15) is 12.2 Å². The molecule has 0 aliphatic heterocycles. The lowest BCUT2D eigenvalue weighted by molar-refractivity contribution is -0.142. The normalized spacial score (nSPS) is 16.5. The van der Waals surface area contributed by atoms with Crippen molar-refractivity contribution in [1.29, 1.82) is 0 Å². The van der Waals surface area contributed by atoms with Gasteiger partial charge in [0.15, 0.2) is 0 Å². The molecule has 0 radical (unpaired) electrons. The number of carboxylic acids is 1. The summed E-state index contributed by atoms with van der Waals surface area (Å²) in [6.45, 7) is 0. The molecule has 26 heavy (non-hydrogen) atoms. The third-order valence-electron chi connectivity index (χ3n) is 4.98. The molecule has 0 amide bonds. The van der Waals surface area contributed by atoms with E-state index in [1.54, 1.807) is 11.8 Å². The standard InChI is InChI=1S/C21H26O4S/c1-26-19-12-5-2-8-16(19)9-6-7-13-21(25,17-10-3-4-11-17)15-18(22)14-20(23)24/h2,5,8,12,17,25H,3-4,7,10-11,13-15H2,1H3,(H,23,24). The van der Waals surface area contributed by atoms with Crippen molar-refractivity contribution < 1.29 is 19.8 Å². The first kappa shape index (κ1) is 20.5. The zero-order chi connectivity index (χ0) is 19.0. The highest BCUT2D eigenvalue weighted by atomic mass is 32.2. The molecule has 1 aliphatic rings. The van der Waals surface area contributed by atoms with Crippen LogP contribution in [0.15, 0.2) is 29.2 Å². The van der Waals surface area contributed by atoms with E-state index in [4.69, 9.17) is 5.11 Å². The minimum atomic E-state index is -1.14. The smallest absolute Gasteiger partial charge is 0.310 e. The van der Waals surface area contributed by atoms with Gasteiger partial charge in [-0.1, -0.05) is 36.8 Å². The fourth-order valence-corrected chi connectivity index (χ4v) is 4.21. The number of hydrogen-bond donors (Lipinski definition) is 2. The summed E-state index contributed by atoms with van der Waals surface area (Å²) in [5, 5.41) is 19.9. The molecule has 0 heterocycles. The number of ketones is 1. The van der Waals surface area contributed by atoms with Gasteiger partial charge in [0.25, 0.3) is 0 Å². The summed E-state index contributed by atoms with van der Waals surface area (Å²) in [6, 6.07) is 7.92. The second-order valence-corrected chi connectivity index (χ2v) is 7.72. The lowest BCUT2D eigenvalue weighted by atomic mass is 9.78. The summed E-state index contributed by atoms with van der Waals surface area (Å²) in [5.41, 5.74) is -0.178. The molecule has 5 heteroatoms. The summed E-state index contributed by atoms with van der Waals surface area (Å²) in [4.78, 5) is 23.9. The molecular formula is C21H26O4S. The van der Waals surface area contributed by atoms with E-state index < -0.39 is 23.8 Å². The van der Waals surface area contributed by atoms with Gasteiger partial charge in [-0.05, 0) is 43.6 Å². The summed E-state index contributed by atoms with van der Waals surface area (Å²) >= 11 is 1.64. The maximum absolute atomic E-state index is 12.0. The van der Waals surface area contributed by atoms with Gasteiger partial charge >= 0.3 is 5.97 Å². The Kier molecular flexibility index (Phi) is 7.74. The second kappa shape index (κ2) is 9.80. The lowest BCUT2D eigenvalue weighted by Gasteiger charge is -2.33. The zero-order valence-electron chi connectivity index (χ0n) is 15.2. The molecule has 4 nitrogen and oxygen atoms in total. The summed E-state index contributed by atoms with van der Waals surface area (Å²) in [6.07, 6.45) is 6.15. The molecule has 140 valence electrons. The molecule has 0 saturated heterocycles. The predicted octanol–water partition coefficient (Wildman–Crippen LogP) is 3.90. The first-order valence-electron chi connectivity index (χ1n) is 9.02. The molecule has 1 atom stereocenters. The maximum Gasteiger partial charge on any atom is 0.310 e. The van der Waals surface area contributed by atoms with Crippen LogP contribution in [0.1, 0.15) is 56.9 Å². The molecule has 1 aromatic carbocycles. The van der Waals surface area contributed by atoms with Crippen molar-refractivity contribution in [2.75, 3.05) is 6.26 Å². The minimum Gasteiger partial charge on any atom is -0.481 e. The molecule has 1 saturated carbocycles. The van der Waals surface area contributed by atoms with Crippen LogP contribution < -0.4 is 0 Å². The van der Waals surface area contributed by atoms with Gasteiger partial charge in [-0.15, -0.1) is 11.8 Å². The van der Waals surface area contributed by atoms with E-state index in [1.807, 2.05) is 30.5 Å². The van der Waals surface area contributed by atoms with Crippen LogP contribution in [0.5, 0.6) is 0 Å². The molecule has 0 bridgehead atoms. The van der Waals surface area contributed by atoms with Crippen LogP contribution in [-0.2, 0) is 9.59 Å². The second-order valence-electron chi connectivity index (χ2n) is 6.87. The van der Waals surface area contributed by atoms with Crippen LogP contribution in [0.4, 0.5) is 0 Å². The number of aliphatic carboxylic acids is 1. The third-order valence-corrected chi connectivity index (χ3v) is 5.78. The summed E-state index contributed by atoms with van der Waals surface area (Å²) in [5.74, 6) is 4.78. The molecule has 1 aliphatic carbocycles. The van der Waals surface area contributed by atoms with Crippen molar-refractivity contribution in [1.82, 2.24) is 0 Å². The van der Waals surface area contributed by atoms with Gasteiger partial charge in [0, 0.05) is 23.3 Å². The average molecular weight is 375 g/mol. The highest BCUT2D eigenvalue weighted by molar-refractivity contribution is 7.98. The number of carboxylic acid groups (broad SMARTS) is 1. The van der Waals surface area contributed by atoms with Crippen LogP contribution in [0.25, 0.3) is 0 Å². The monoisotopic (exact) mass is 374 g/mol. The minimum absolute atomic E-state index is 0.0560. The topological polar surface area (TPSA) is 74.6 Å². The van der Waals surface area contributed by atoms with Crippen molar-refractivity contribution in [2.45, 2.75) is 61.9 Å². The molecule has 0 aromatic heterocycles. The number of benzene rings is 1. The lowest BCUT2D eigenvalue weighted by Crippen LogP contribution is -2.39. The van der Waals surface area contributed by atoms with Crippen LogP contribution in [-0.4, -0.2) is 33.8 Å². The number of rotatable bonds is 8. The molecule has 1 unspecified atom stereocenters. The Morgan fingerprint density at radius 2 is 1.96 bits per heavy atom. The van der Waals surface area contributed by atoms with Gasteiger partial charge in [0.05, 0.1) is 5.60 Å². The Hall–Kier alpha value is -1.77. The first-order chi connectivity index (χ1) is 12.4. The zero-order valence-corrected chi connectivity index (χ0v) is 16.0. The number of Topliss-reactive ketones (excluding diaryl/α,β-unsaturated/α-hetero) is 1. The van der Waals surface area contributed by atoms with Crippen LogP contribution in [0, 0.1) is 17.8 Å². The molecule has 2 N–H and O–H groups in total. The number of thioether (sulfide) groups is 1. The Labute approximate surface area is 159 Å². The fraction of sp³-hybridized carbons (Fsp3) is 0.524. The van der Waals surface area contributed by atoms with Gasteiger partial charge in [-0.3, -0.25) is 9.59 Å². The van der Waals surface area contributed by atoms with Crippen LogP contribution in [0.2, 0.25) is 0 Å². The van der Waals surface area contributed by atoms with Gasteiger partial charge in [-0.25, -0.2) is 0 Å². The molecule has 1 fully saturated rings. The van der Waals surface area contributed by atoms with Crippen molar-refractivity contribution in [3.8, 4) is 11.8 Å². The van der Waals surface area contributed by atoms with Gasteiger partial charge in [0.2, 0.25) is 0 Å². The van der Waals surface area contributed by atoms with E-state index in [0.29, 0.717) is 12.8 Å². The van der Waals surface area contributed by atoms with E-state index in [9.17, 15) is 14.7 Å².